The molecule has 16 heavy (non-hydrogen) atoms. The van der Waals surface area contributed by atoms with Crippen LogP contribution in [0.2, 0.25) is 0 Å². The summed E-state index contributed by atoms with van der Waals surface area (Å²) in [5.74, 6) is 0.201. The number of likely N-dealkylation sites (N-methyl/N-ethyl adjacent to an activating group) is 1. The van der Waals surface area contributed by atoms with Gasteiger partial charge in [-0.1, -0.05) is 26.0 Å². The quantitative estimate of drug-likeness (QED) is 0.771. The third-order valence-electron chi connectivity index (χ3n) is 2.97. The highest BCUT2D eigenvalue weighted by atomic mass is 16.1. The van der Waals surface area contributed by atoms with Crippen LogP contribution in [0.15, 0.2) is 18.2 Å². The minimum Gasteiger partial charge on any atom is -0.307 e. The average molecular weight is 219 g/mol. The molecule has 1 atom stereocenters. The largest absolute Gasteiger partial charge is 0.307 e. The van der Waals surface area contributed by atoms with Gasteiger partial charge in [-0.05, 0) is 44.0 Å². The van der Waals surface area contributed by atoms with E-state index < -0.39 is 0 Å². The molecule has 0 heterocycles. The average Bonchev–Trinajstić information content (AvgIpc) is 2.28. The highest BCUT2D eigenvalue weighted by Crippen LogP contribution is 2.12. The van der Waals surface area contributed by atoms with Crippen LogP contribution in [0.3, 0.4) is 0 Å². The molecule has 1 unspecified atom stereocenters. The summed E-state index contributed by atoms with van der Waals surface area (Å²) < 4.78 is 0. The molecule has 0 radical (unpaired) electrons. The third-order valence-corrected chi connectivity index (χ3v) is 2.97. The fraction of sp³-hybridized carbons (Fsp3) is 0.500. The first-order valence-electron chi connectivity index (χ1n) is 5.95. The van der Waals surface area contributed by atoms with Gasteiger partial charge in [0.2, 0.25) is 0 Å². The van der Waals surface area contributed by atoms with Crippen molar-refractivity contribution in [3.8, 4) is 0 Å². The zero-order valence-electron chi connectivity index (χ0n) is 10.6. The summed E-state index contributed by atoms with van der Waals surface area (Å²) in [5.41, 5.74) is 3.22. The van der Waals surface area contributed by atoms with Crippen LogP contribution in [0, 0.1) is 13.8 Å². The summed E-state index contributed by atoms with van der Waals surface area (Å²) in [4.78, 5) is 12.2. The molecule has 0 fully saturated rings. The second-order valence-corrected chi connectivity index (χ2v) is 4.18. The van der Waals surface area contributed by atoms with Gasteiger partial charge in [0.15, 0.2) is 5.78 Å². The molecule has 1 aromatic rings. The van der Waals surface area contributed by atoms with Crippen LogP contribution in [-0.2, 0) is 0 Å². The van der Waals surface area contributed by atoms with E-state index in [9.17, 15) is 4.79 Å². The number of carbonyl (C=O) groups excluding carboxylic acids is 1. The molecule has 1 aromatic carbocycles. The number of hydrogen-bond acceptors (Lipinski definition) is 2. The second-order valence-electron chi connectivity index (χ2n) is 4.18. The lowest BCUT2D eigenvalue weighted by atomic mass is 9.98. The first kappa shape index (κ1) is 12.9. The molecule has 0 saturated heterocycles. The second kappa shape index (κ2) is 5.80. The Kier molecular flexibility index (Phi) is 4.69. The van der Waals surface area contributed by atoms with Gasteiger partial charge in [-0.25, -0.2) is 0 Å². The Morgan fingerprint density at radius 2 is 1.94 bits per heavy atom. The van der Waals surface area contributed by atoms with E-state index in [4.69, 9.17) is 0 Å². The molecular weight excluding hydrogens is 198 g/mol. The van der Waals surface area contributed by atoms with Gasteiger partial charge in [0, 0.05) is 5.56 Å². The van der Waals surface area contributed by atoms with Gasteiger partial charge in [-0.2, -0.15) is 0 Å². The van der Waals surface area contributed by atoms with Gasteiger partial charge in [-0.15, -0.1) is 0 Å². The molecule has 0 aliphatic carbocycles. The molecule has 0 aliphatic heterocycles. The lowest BCUT2D eigenvalue weighted by Gasteiger charge is -2.15. The van der Waals surface area contributed by atoms with E-state index in [1.807, 2.05) is 39.0 Å². The Labute approximate surface area is 98.1 Å². The Morgan fingerprint density at radius 1 is 1.25 bits per heavy atom. The minimum absolute atomic E-state index is 0.0490. The van der Waals surface area contributed by atoms with Crippen molar-refractivity contribution in [3.05, 3.63) is 34.9 Å². The molecule has 0 aliphatic rings. The van der Waals surface area contributed by atoms with Crippen molar-refractivity contribution in [2.75, 3.05) is 6.54 Å². The normalized spacial score (nSPS) is 12.5. The van der Waals surface area contributed by atoms with Gasteiger partial charge >= 0.3 is 0 Å². The highest BCUT2D eigenvalue weighted by Gasteiger charge is 2.16. The van der Waals surface area contributed by atoms with Crippen LogP contribution >= 0.6 is 0 Å². The first-order chi connectivity index (χ1) is 7.60. The van der Waals surface area contributed by atoms with Crippen molar-refractivity contribution < 1.29 is 4.79 Å². The number of nitrogens with one attached hydrogen (secondary N) is 1. The van der Waals surface area contributed by atoms with E-state index >= 15 is 0 Å². The van der Waals surface area contributed by atoms with Crippen molar-refractivity contribution in [3.63, 3.8) is 0 Å². The van der Waals surface area contributed by atoms with Crippen LogP contribution in [0.4, 0.5) is 0 Å². The van der Waals surface area contributed by atoms with Gasteiger partial charge in [-0.3, -0.25) is 4.79 Å². The molecule has 0 saturated carbocycles. The predicted octanol–water partition coefficient (Wildman–Crippen LogP) is 2.87. The molecule has 1 rings (SSSR count). The van der Waals surface area contributed by atoms with Crippen molar-refractivity contribution >= 4 is 5.78 Å². The van der Waals surface area contributed by atoms with Crippen LogP contribution in [0.1, 0.15) is 41.8 Å². The summed E-state index contributed by atoms with van der Waals surface area (Å²) in [6.07, 6.45) is 0.833. The van der Waals surface area contributed by atoms with E-state index in [0.717, 1.165) is 18.5 Å². The molecule has 2 heteroatoms. The monoisotopic (exact) mass is 219 g/mol. The van der Waals surface area contributed by atoms with Crippen molar-refractivity contribution in [1.82, 2.24) is 5.32 Å². The maximum atomic E-state index is 12.2. The van der Waals surface area contributed by atoms with Crippen molar-refractivity contribution in [2.24, 2.45) is 0 Å². The van der Waals surface area contributed by atoms with Gasteiger partial charge < -0.3 is 5.32 Å². The summed E-state index contributed by atoms with van der Waals surface area (Å²) in [7, 11) is 0. The van der Waals surface area contributed by atoms with Crippen LogP contribution < -0.4 is 5.32 Å². The molecule has 0 aromatic heterocycles. The molecule has 2 nitrogen and oxygen atoms in total. The first-order valence-corrected chi connectivity index (χ1v) is 5.95. The molecular formula is C14H21NO. The van der Waals surface area contributed by atoms with Crippen LogP contribution in [-0.4, -0.2) is 18.4 Å². The maximum Gasteiger partial charge on any atom is 0.179 e. The van der Waals surface area contributed by atoms with E-state index in [-0.39, 0.29) is 11.8 Å². The zero-order valence-corrected chi connectivity index (χ0v) is 10.6. The topological polar surface area (TPSA) is 29.1 Å². The maximum absolute atomic E-state index is 12.2. The number of carbonyl (C=O) groups is 1. The van der Waals surface area contributed by atoms with Gasteiger partial charge in [0.25, 0.3) is 0 Å². The molecule has 88 valence electrons. The molecule has 0 amide bonds. The molecule has 1 N–H and O–H groups in total. The Hall–Kier alpha value is -1.15. The smallest absolute Gasteiger partial charge is 0.179 e. The number of hydrogen-bond donors (Lipinski definition) is 1. The van der Waals surface area contributed by atoms with E-state index in [2.05, 4.69) is 12.2 Å². The zero-order chi connectivity index (χ0) is 12.1. The fourth-order valence-electron chi connectivity index (χ4n) is 1.76. The number of rotatable bonds is 5. The van der Waals surface area contributed by atoms with Crippen molar-refractivity contribution in [1.29, 1.82) is 0 Å². The summed E-state index contributed by atoms with van der Waals surface area (Å²) in [5, 5.41) is 3.22. The van der Waals surface area contributed by atoms with E-state index in [1.54, 1.807) is 0 Å². The Bertz CT molecular complexity index is 371. The Balaban J connectivity index is 2.90. The van der Waals surface area contributed by atoms with E-state index in [1.165, 1.54) is 11.1 Å². The highest BCUT2D eigenvalue weighted by molar-refractivity contribution is 6.00. The lowest BCUT2D eigenvalue weighted by molar-refractivity contribution is 0.0941. The lowest BCUT2D eigenvalue weighted by Crippen LogP contribution is -2.36. The summed E-state index contributed by atoms with van der Waals surface area (Å²) >= 11 is 0. The number of ketones is 1. The van der Waals surface area contributed by atoms with Gasteiger partial charge in [0.1, 0.15) is 0 Å². The Morgan fingerprint density at radius 3 is 2.44 bits per heavy atom. The van der Waals surface area contributed by atoms with Crippen LogP contribution in [0.25, 0.3) is 0 Å². The molecule has 0 bridgehead atoms. The standard InChI is InChI=1S/C14H21NO/c1-5-13(15-6-2)14(16)12-8-7-10(3)11(4)9-12/h7-9,13,15H,5-6H2,1-4H3. The fourth-order valence-corrected chi connectivity index (χ4v) is 1.76. The number of aryl methyl sites for hydroxylation is 2. The number of benzene rings is 1. The SMILES string of the molecule is CCNC(CC)C(=O)c1ccc(C)c(C)c1. The summed E-state index contributed by atoms with van der Waals surface area (Å²) in [6, 6.07) is 5.87. The van der Waals surface area contributed by atoms with Crippen molar-refractivity contribution in [2.45, 2.75) is 40.2 Å². The minimum atomic E-state index is -0.0490. The van der Waals surface area contributed by atoms with Gasteiger partial charge in [0.05, 0.1) is 6.04 Å². The molecule has 0 spiro atoms. The number of Topliss-reactive ketones (excluding diaryl/α,β-unsaturated/α-hetero) is 1. The third kappa shape index (κ3) is 2.92. The van der Waals surface area contributed by atoms with Crippen LogP contribution in [0.5, 0.6) is 0 Å². The summed E-state index contributed by atoms with van der Waals surface area (Å²) in [6.45, 7) is 8.99. The predicted molar refractivity (Wildman–Crippen MR) is 68.0 cm³/mol. The van der Waals surface area contributed by atoms with E-state index in [0.29, 0.717) is 0 Å².